The van der Waals surface area contributed by atoms with Crippen LogP contribution in [0.3, 0.4) is 0 Å². The molecule has 0 saturated heterocycles. The lowest BCUT2D eigenvalue weighted by atomic mass is 9.91. The molecule has 0 rings (SSSR count). The molecule has 0 bridgehead atoms. The normalized spacial score (nSPS) is 16.0. The highest BCUT2D eigenvalue weighted by atomic mass is 15.2. The lowest BCUT2D eigenvalue weighted by Crippen LogP contribution is -2.18. The third-order valence-electron chi connectivity index (χ3n) is 2.52. The molecule has 0 amide bonds. The first-order valence-corrected chi connectivity index (χ1v) is 5.15. The van der Waals surface area contributed by atoms with Crippen LogP contribution in [0, 0.1) is 10.8 Å². The maximum Gasteiger partial charge on any atom is 0.0428 e. The minimum atomic E-state index is 0.113. The van der Waals surface area contributed by atoms with Crippen molar-refractivity contribution >= 4 is 11.4 Å². The zero-order chi connectivity index (χ0) is 11.6. The molecule has 2 nitrogen and oxygen atoms in total. The van der Waals surface area contributed by atoms with Gasteiger partial charge in [0.2, 0.25) is 0 Å². The van der Waals surface area contributed by atoms with Gasteiger partial charge in [-0.1, -0.05) is 41.5 Å². The molecule has 0 atom stereocenters. The zero-order valence-electron chi connectivity index (χ0n) is 10.9. The smallest absolute Gasteiger partial charge is 0.0428 e. The summed E-state index contributed by atoms with van der Waals surface area (Å²) in [5.41, 5.74) is 2.37. The fourth-order valence-electron chi connectivity index (χ4n) is 0.450. The van der Waals surface area contributed by atoms with Gasteiger partial charge in [0.15, 0.2) is 0 Å². The van der Waals surface area contributed by atoms with E-state index in [0.717, 1.165) is 11.4 Å². The predicted molar refractivity (Wildman–Crippen MR) is 65.1 cm³/mol. The Morgan fingerprint density at radius 1 is 0.643 bits per heavy atom. The molecule has 82 valence electrons. The Morgan fingerprint density at radius 2 is 0.857 bits per heavy atom. The fraction of sp³-hybridized carbons (Fsp3) is 0.833. The van der Waals surface area contributed by atoms with Gasteiger partial charge in [-0.15, -0.1) is 0 Å². The van der Waals surface area contributed by atoms with Crippen LogP contribution in [-0.2, 0) is 0 Å². The van der Waals surface area contributed by atoms with Gasteiger partial charge >= 0.3 is 0 Å². The van der Waals surface area contributed by atoms with Gasteiger partial charge in [-0.05, 0) is 13.8 Å². The fourth-order valence-corrected chi connectivity index (χ4v) is 0.450. The molecule has 0 aromatic carbocycles. The van der Waals surface area contributed by atoms with E-state index in [1.165, 1.54) is 0 Å². The van der Waals surface area contributed by atoms with Crippen LogP contribution in [0.1, 0.15) is 55.4 Å². The van der Waals surface area contributed by atoms with Crippen molar-refractivity contribution < 1.29 is 0 Å². The second kappa shape index (κ2) is 4.24. The Kier molecular flexibility index (Phi) is 4.04. The maximum absolute atomic E-state index is 4.27. The van der Waals surface area contributed by atoms with Crippen LogP contribution < -0.4 is 0 Å². The van der Waals surface area contributed by atoms with Crippen LogP contribution >= 0.6 is 0 Å². The number of nitrogens with zero attached hydrogens (tertiary/aromatic N) is 2. The Morgan fingerprint density at radius 3 is 1.00 bits per heavy atom. The average molecular weight is 196 g/mol. The number of hydrogen-bond acceptors (Lipinski definition) is 2. The van der Waals surface area contributed by atoms with E-state index in [1.807, 2.05) is 13.8 Å². The molecular formula is C12H24N2. The quantitative estimate of drug-likeness (QED) is 0.448. The Hall–Kier alpha value is -0.660. The molecule has 0 aliphatic heterocycles. The summed E-state index contributed by atoms with van der Waals surface area (Å²) in [7, 11) is 0. The van der Waals surface area contributed by atoms with Crippen molar-refractivity contribution in [1.82, 2.24) is 0 Å². The van der Waals surface area contributed by atoms with E-state index in [0.29, 0.717) is 0 Å². The monoisotopic (exact) mass is 196 g/mol. The van der Waals surface area contributed by atoms with Gasteiger partial charge in [-0.2, -0.15) is 10.2 Å². The summed E-state index contributed by atoms with van der Waals surface area (Å²) in [6.07, 6.45) is 0. The van der Waals surface area contributed by atoms with Crippen LogP contribution in [-0.4, -0.2) is 11.4 Å². The summed E-state index contributed by atoms with van der Waals surface area (Å²) in [5, 5.41) is 8.53. The summed E-state index contributed by atoms with van der Waals surface area (Å²) in [6.45, 7) is 16.9. The molecule has 14 heavy (non-hydrogen) atoms. The van der Waals surface area contributed by atoms with Gasteiger partial charge in [0.25, 0.3) is 0 Å². The summed E-state index contributed by atoms with van der Waals surface area (Å²) >= 11 is 0. The average Bonchev–Trinajstić information content (AvgIpc) is 1.95. The summed E-state index contributed by atoms with van der Waals surface area (Å²) in [4.78, 5) is 0. The predicted octanol–water partition coefficient (Wildman–Crippen LogP) is 3.92. The number of rotatable bonds is 1. The summed E-state index contributed by atoms with van der Waals surface area (Å²) < 4.78 is 0. The van der Waals surface area contributed by atoms with Crippen molar-refractivity contribution in [1.29, 1.82) is 0 Å². The summed E-state index contributed by atoms with van der Waals surface area (Å²) in [6, 6.07) is 0. The zero-order valence-corrected chi connectivity index (χ0v) is 10.9. The van der Waals surface area contributed by atoms with Gasteiger partial charge in [0.05, 0.1) is 0 Å². The molecule has 0 N–H and O–H groups in total. The number of hydrogen-bond donors (Lipinski definition) is 0. The van der Waals surface area contributed by atoms with E-state index >= 15 is 0 Å². The molecule has 0 saturated carbocycles. The minimum absolute atomic E-state index is 0.113. The molecule has 0 aromatic rings. The van der Waals surface area contributed by atoms with Crippen LogP contribution in [0.15, 0.2) is 10.2 Å². The second-order valence-corrected chi connectivity index (χ2v) is 5.87. The van der Waals surface area contributed by atoms with Gasteiger partial charge in [-0.25, -0.2) is 0 Å². The van der Waals surface area contributed by atoms with Crippen LogP contribution in [0.5, 0.6) is 0 Å². The molecule has 0 aliphatic rings. The van der Waals surface area contributed by atoms with E-state index in [4.69, 9.17) is 0 Å². The van der Waals surface area contributed by atoms with E-state index in [9.17, 15) is 0 Å². The molecule has 2 heteroatoms. The minimum Gasteiger partial charge on any atom is -0.160 e. The molecule has 0 unspecified atom stereocenters. The third-order valence-corrected chi connectivity index (χ3v) is 2.52. The Bertz CT molecular complexity index is 218. The standard InChI is InChI=1S/C12H24N2/c1-9(11(3,4)5)13-14-10(2)12(6,7)8/h1-8H3/b13-9-,14-10-. The van der Waals surface area contributed by atoms with E-state index in [2.05, 4.69) is 51.7 Å². The van der Waals surface area contributed by atoms with Crippen molar-refractivity contribution in [2.75, 3.05) is 0 Å². The Balaban J connectivity index is 4.73. The highest BCUT2D eigenvalue weighted by molar-refractivity contribution is 5.90. The first kappa shape index (κ1) is 13.3. The second-order valence-electron chi connectivity index (χ2n) is 5.87. The van der Waals surface area contributed by atoms with Gasteiger partial charge < -0.3 is 0 Å². The van der Waals surface area contributed by atoms with Gasteiger partial charge in [0, 0.05) is 22.3 Å². The molecule has 0 aliphatic carbocycles. The van der Waals surface area contributed by atoms with E-state index in [-0.39, 0.29) is 10.8 Å². The van der Waals surface area contributed by atoms with Crippen molar-refractivity contribution in [2.45, 2.75) is 55.4 Å². The van der Waals surface area contributed by atoms with Crippen molar-refractivity contribution in [3.63, 3.8) is 0 Å². The van der Waals surface area contributed by atoms with Crippen molar-refractivity contribution in [3.8, 4) is 0 Å². The molecular weight excluding hydrogens is 172 g/mol. The topological polar surface area (TPSA) is 24.7 Å². The lowest BCUT2D eigenvalue weighted by molar-refractivity contribution is 0.577. The molecule has 0 aromatic heterocycles. The van der Waals surface area contributed by atoms with Crippen LogP contribution in [0.25, 0.3) is 0 Å². The van der Waals surface area contributed by atoms with Crippen molar-refractivity contribution in [2.24, 2.45) is 21.0 Å². The lowest BCUT2D eigenvalue weighted by Gasteiger charge is -2.19. The third kappa shape index (κ3) is 4.54. The molecule has 0 spiro atoms. The molecule has 0 heterocycles. The van der Waals surface area contributed by atoms with Crippen molar-refractivity contribution in [3.05, 3.63) is 0 Å². The first-order chi connectivity index (χ1) is 6.05. The maximum atomic E-state index is 4.27. The highest BCUT2D eigenvalue weighted by Gasteiger charge is 2.16. The van der Waals surface area contributed by atoms with E-state index < -0.39 is 0 Å². The first-order valence-electron chi connectivity index (χ1n) is 5.15. The van der Waals surface area contributed by atoms with Gasteiger partial charge in [-0.3, -0.25) is 0 Å². The van der Waals surface area contributed by atoms with Crippen LogP contribution in [0.4, 0.5) is 0 Å². The molecule has 0 radical (unpaired) electrons. The SMILES string of the molecule is C/C(=N/N=C(/C)C(C)(C)C)C(C)(C)C. The highest BCUT2D eigenvalue weighted by Crippen LogP contribution is 2.18. The van der Waals surface area contributed by atoms with Crippen LogP contribution in [0.2, 0.25) is 0 Å². The molecule has 0 fully saturated rings. The Labute approximate surface area is 88.5 Å². The largest absolute Gasteiger partial charge is 0.160 e. The van der Waals surface area contributed by atoms with Gasteiger partial charge in [0.1, 0.15) is 0 Å². The summed E-state index contributed by atoms with van der Waals surface area (Å²) in [5.74, 6) is 0. The van der Waals surface area contributed by atoms with E-state index in [1.54, 1.807) is 0 Å².